The Hall–Kier alpha value is -4.03. The van der Waals surface area contributed by atoms with Crippen molar-refractivity contribution in [2.45, 2.75) is 90.9 Å². The molecule has 12 heteroatoms. The van der Waals surface area contributed by atoms with Crippen LogP contribution in [0, 0.1) is 25.6 Å². The Morgan fingerprint density at radius 2 is 1.73 bits per heavy atom. The first-order chi connectivity index (χ1) is 24.1. The van der Waals surface area contributed by atoms with Crippen LogP contribution in [0.2, 0.25) is 0 Å². The predicted octanol–water partition coefficient (Wildman–Crippen LogP) is 6.96. The standard InChI is InChI=1S/C39H47F4N3O5/c1-23(2)15-34(46-22-27(32(20-35(46)47)39(41,42)43)9-11-45-10-6-13-51-14-12-45)38(50)44-33(21-36(48)49)28-18-26-7-5-8-30(26)31(19-28)37-24(3)16-29(40)17-25(37)4/h16-20,22-23,33-34H,5-15,21H2,1-4H3,(H,44,50)(H,48,49)/t33-,34+/m1/s1. The van der Waals surface area contributed by atoms with Gasteiger partial charge in [0.2, 0.25) is 5.91 Å². The van der Waals surface area contributed by atoms with Crippen molar-refractivity contribution in [3.05, 3.63) is 91.6 Å². The molecule has 0 spiro atoms. The van der Waals surface area contributed by atoms with E-state index < -0.39 is 47.7 Å². The molecule has 1 aromatic heterocycles. The van der Waals surface area contributed by atoms with Crippen LogP contribution >= 0.6 is 0 Å². The van der Waals surface area contributed by atoms with Gasteiger partial charge in [-0.3, -0.25) is 14.4 Å². The van der Waals surface area contributed by atoms with Gasteiger partial charge in [-0.2, -0.15) is 13.2 Å². The minimum Gasteiger partial charge on any atom is -0.481 e. The summed E-state index contributed by atoms with van der Waals surface area (Å²) in [5.41, 5.74) is 3.77. The number of aromatic nitrogens is 1. The smallest absolute Gasteiger partial charge is 0.416 e. The Morgan fingerprint density at radius 1 is 1.00 bits per heavy atom. The predicted molar refractivity (Wildman–Crippen MR) is 186 cm³/mol. The van der Waals surface area contributed by atoms with Crippen LogP contribution in [0.25, 0.3) is 11.1 Å². The molecule has 0 radical (unpaired) electrons. The van der Waals surface area contributed by atoms with Crippen LogP contribution < -0.4 is 10.9 Å². The maximum absolute atomic E-state index is 14.3. The van der Waals surface area contributed by atoms with Gasteiger partial charge >= 0.3 is 12.1 Å². The van der Waals surface area contributed by atoms with Gasteiger partial charge in [0, 0.05) is 38.5 Å². The van der Waals surface area contributed by atoms with E-state index in [1.165, 1.54) is 12.1 Å². The molecule has 0 saturated carbocycles. The molecule has 2 aliphatic rings. The van der Waals surface area contributed by atoms with Gasteiger partial charge in [-0.1, -0.05) is 19.9 Å². The maximum Gasteiger partial charge on any atom is 0.416 e. The summed E-state index contributed by atoms with van der Waals surface area (Å²) in [6.45, 7) is 9.97. The molecule has 5 rings (SSSR count). The van der Waals surface area contributed by atoms with Crippen molar-refractivity contribution >= 4 is 11.9 Å². The van der Waals surface area contributed by atoms with Crippen molar-refractivity contribution < 1.29 is 37.0 Å². The molecule has 0 bridgehead atoms. The highest BCUT2D eigenvalue weighted by Gasteiger charge is 2.36. The molecule has 1 aliphatic carbocycles. The second-order valence-electron chi connectivity index (χ2n) is 14.3. The highest BCUT2D eigenvalue weighted by Crippen LogP contribution is 2.39. The van der Waals surface area contributed by atoms with Gasteiger partial charge in [0.15, 0.2) is 0 Å². The second-order valence-corrected chi connectivity index (χ2v) is 14.3. The lowest BCUT2D eigenvalue weighted by atomic mass is 9.87. The van der Waals surface area contributed by atoms with Gasteiger partial charge in [-0.15, -0.1) is 0 Å². The third kappa shape index (κ3) is 9.26. The van der Waals surface area contributed by atoms with Gasteiger partial charge in [0.1, 0.15) is 11.9 Å². The molecular weight excluding hydrogens is 666 g/mol. The number of benzene rings is 2. The molecule has 2 atom stereocenters. The quantitative estimate of drug-likeness (QED) is 0.197. The van der Waals surface area contributed by atoms with E-state index in [9.17, 15) is 37.1 Å². The Morgan fingerprint density at radius 3 is 2.39 bits per heavy atom. The Balaban J connectivity index is 1.53. The highest BCUT2D eigenvalue weighted by atomic mass is 19.4. The van der Waals surface area contributed by atoms with E-state index in [0.29, 0.717) is 44.5 Å². The first-order valence-electron chi connectivity index (χ1n) is 17.7. The van der Waals surface area contributed by atoms with Gasteiger partial charge in [-0.25, -0.2) is 4.39 Å². The van der Waals surface area contributed by atoms with Crippen LogP contribution in [0.3, 0.4) is 0 Å². The number of ether oxygens (including phenoxy) is 1. The van der Waals surface area contributed by atoms with Gasteiger partial charge < -0.3 is 24.6 Å². The summed E-state index contributed by atoms with van der Waals surface area (Å²) in [6, 6.07) is 5.04. The summed E-state index contributed by atoms with van der Waals surface area (Å²) in [4.78, 5) is 41.9. The van der Waals surface area contributed by atoms with Crippen LogP contribution in [0.5, 0.6) is 0 Å². The number of carboxylic acid groups (broad SMARTS) is 1. The molecule has 2 N–H and O–H groups in total. The number of halogens is 4. The maximum atomic E-state index is 14.3. The molecule has 1 fully saturated rings. The van der Waals surface area contributed by atoms with E-state index in [1.807, 2.05) is 44.7 Å². The Bertz CT molecular complexity index is 1790. The zero-order chi connectivity index (χ0) is 37.0. The molecule has 2 aromatic carbocycles. The number of carbonyl (C=O) groups is 2. The summed E-state index contributed by atoms with van der Waals surface area (Å²) in [6.07, 6.45) is -0.735. The second kappa shape index (κ2) is 16.1. The largest absolute Gasteiger partial charge is 0.481 e. The summed E-state index contributed by atoms with van der Waals surface area (Å²) in [5.74, 6) is -2.31. The van der Waals surface area contributed by atoms with Crippen molar-refractivity contribution in [1.82, 2.24) is 14.8 Å². The first-order valence-corrected chi connectivity index (χ1v) is 17.7. The molecule has 3 aromatic rings. The fourth-order valence-corrected chi connectivity index (χ4v) is 7.58. The van der Waals surface area contributed by atoms with E-state index in [2.05, 4.69) is 5.32 Å². The number of nitrogens with one attached hydrogen (secondary N) is 1. The van der Waals surface area contributed by atoms with E-state index >= 15 is 0 Å². The Labute approximate surface area is 295 Å². The average molecular weight is 714 g/mol. The van der Waals surface area contributed by atoms with Crippen LogP contribution in [0.1, 0.15) is 90.6 Å². The van der Waals surface area contributed by atoms with E-state index in [0.717, 1.165) is 69.8 Å². The van der Waals surface area contributed by atoms with Crippen molar-refractivity contribution in [2.75, 3.05) is 32.8 Å². The molecule has 0 unspecified atom stereocenters. The Kier molecular flexibility index (Phi) is 12.1. The van der Waals surface area contributed by atoms with Gasteiger partial charge in [0.05, 0.1) is 24.6 Å². The number of amides is 1. The highest BCUT2D eigenvalue weighted by molar-refractivity contribution is 5.82. The third-order valence-corrected chi connectivity index (χ3v) is 9.92. The monoisotopic (exact) mass is 713 g/mol. The number of pyridine rings is 1. The van der Waals surface area contributed by atoms with E-state index in [4.69, 9.17) is 4.74 Å². The molecule has 1 saturated heterocycles. The van der Waals surface area contributed by atoms with Crippen LogP contribution in [0.15, 0.2) is 41.3 Å². The van der Waals surface area contributed by atoms with Gasteiger partial charge in [0.25, 0.3) is 5.56 Å². The molecule has 2 heterocycles. The lowest BCUT2D eigenvalue weighted by Crippen LogP contribution is -2.40. The fourth-order valence-electron chi connectivity index (χ4n) is 7.58. The molecule has 1 aliphatic heterocycles. The van der Waals surface area contributed by atoms with Crippen LogP contribution in [-0.4, -0.2) is 59.3 Å². The molecular formula is C39H47F4N3O5. The third-order valence-electron chi connectivity index (χ3n) is 9.92. The molecule has 1 amide bonds. The van der Waals surface area contributed by atoms with Gasteiger partial charge in [-0.05, 0) is 121 Å². The summed E-state index contributed by atoms with van der Waals surface area (Å²) < 4.78 is 63.5. The van der Waals surface area contributed by atoms with E-state index in [-0.39, 0.29) is 30.1 Å². The topological polar surface area (TPSA) is 101 Å². The summed E-state index contributed by atoms with van der Waals surface area (Å²) in [7, 11) is 0. The van der Waals surface area contributed by atoms with Crippen molar-refractivity contribution in [3.63, 3.8) is 0 Å². The summed E-state index contributed by atoms with van der Waals surface area (Å²) in [5, 5.41) is 12.8. The average Bonchev–Trinajstić information content (AvgIpc) is 3.36. The fraction of sp³-hybridized carbons (Fsp3) is 0.513. The number of nitrogens with zero attached hydrogens (tertiary/aromatic N) is 2. The minimum atomic E-state index is -4.77. The van der Waals surface area contributed by atoms with Crippen LogP contribution in [-0.2, 0) is 39.8 Å². The molecule has 8 nitrogen and oxygen atoms in total. The number of rotatable bonds is 12. The van der Waals surface area contributed by atoms with Crippen molar-refractivity contribution in [3.8, 4) is 11.1 Å². The number of aliphatic carboxylic acids is 1. The van der Waals surface area contributed by atoms with Crippen molar-refractivity contribution in [2.24, 2.45) is 5.92 Å². The normalized spacial score (nSPS) is 16.5. The number of carbonyl (C=O) groups excluding carboxylic acids is 1. The number of carboxylic acids is 1. The summed E-state index contributed by atoms with van der Waals surface area (Å²) >= 11 is 0. The number of aryl methyl sites for hydroxylation is 3. The van der Waals surface area contributed by atoms with Crippen LogP contribution in [0.4, 0.5) is 17.6 Å². The number of hydrogen-bond acceptors (Lipinski definition) is 5. The number of hydrogen-bond donors (Lipinski definition) is 2. The number of alkyl halides is 3. The molecule has 276 valence electrons. The zero-order valence-electron chi connectivity index (χ0n) is 29.7. The lowest BCUT2D eigenvalue weighted by molar-refractivity contribution is -0.139. The SMILES string of the molecule is Cc1cc(F)cc(C)c1-c1cc([C@@H](CC(=O)O)NC(=O)[C@H](CC(C)C)n2cc(CCN3CCCOCC3)c(C(F)(F)F)cc2=O)cc2c1CCC2. The zero-order valence-corrected chi connectivity index (χ0v) is 29.7. The van der Waals surface area contributed by atoms with E-state index in [1.54, 1.807) is 0 Å². The minimum absolute atomic E-state index is 0.00685. The number of fused-ring (bicyclic) bond motifs is 1. The lowest BCUT2D eigenvalue weighted by Gasteiger charge is -2.27. The first kappa shape index (κ1) is 38.2. The van der Waals surface area contributed by atoms with Crippen molar-refractivity contribution in [1.29, 1.82) is 0 Å². The molecule has 51 heavy (non-hydrogen) atoms.